The summed E-state index contributed by atoms with van der Waals surface area (Å²) in [5, 5.41) is 19.3. The van der Waals surface area contributed by atoms with Gasteiger partial charge in [-0.3, -0.25) is 4.79 Å². The van der Waals surface area contributed by atoms with Gasteiger partial charge in [-0.25, -0.2) is 4.79 Å². The molecule has 1 aromatic heterocycles. The molecule has 206 valence electrons. The molecule has 8 nitrogen and oxygen atoms in total. The molecule has 2 aliphatic heterocycles. The largest absolute Gasteiger partial charge is 0.443 e. The number of alkyl carbamates (subject to hydrolysis) is 1. The van der Waals surface area contributed by atoms with Crippen molar-refractivity contribution >= 4 is 23.3 Å². The molecule has 0 spiro atoms. The minimum Gasteiger partial charge on any atom is -0.443 e. The van der Waals surface area contributed by atoms with Crippen molar-refractivity contribution in [2.45, 2.75) is 56.3 Å². The van der Waals surface area contributed by atoms with Crippen LogP contribution in [0.5, 0.6) is 0 Å². The topological polar surface area (TPSA) is 106 Å². The van der Waals surface area contributed by atoms with Crippen LogP contribution in [0, 0.1) is 5.92 Å². The Morgan fingerprint density at radius 3 is 2.36 bits per heavy atom. The normalized spacial score (nSPS) is 22.4. The van der Waals surface area contributed by atoms with Crippen molar-refractivity contribution in [2.75, 3.05) is 13.2 Å². The Balaban J connectivity index is 1.28. The second kappa shape index (κ2) is 13.2. The van der Waals surface area contributed by atoms with Crippen molar-refractivity contribution < 1.29 is 28.9 Å². The highest BCUT2D eigenvalue weighted by Crippen LogP contribution is 2.33. The number of fused-ring (bicyclic) bond motifs is 1. The number of aliphatic hydroxyl groups is 1. The Hall–Kier alpha value is -3.24. The van der Waals surface area contributed by atoms with E-state index in [1.165, 1.54) is 11.3 Å². The van der Waals surface area contributed by atoms with E-state index in [0.717, 1.165) is 17.5 Å². The van der Waals surface area contributed by atoms with Gasteiger partial charge in [0.25, 0.3) is 5.91 Å². The first-order valence-electron chi connectivity index (χ1n) is 13.4. The van der Waals surface area contributed by atoms with E-state index in [1.807, 2.05) is 72.1 Å². The average Bonchev–Trinajstić information content (AvgIpc) is 3.70. The third-order valence-electron chi connectivity index (χ3n) is 7.24. The zero-order chi connectivity index (χ0) is 27.0. The highest BCUT2D eigenvalue weighted by molar-refractivity contribution is 7.12. The van der Waals surface area contributed by atoms with Gasteiger partial charge in [-0.05, 0) is 48.3 Å². The zero-order valence-corrected chi connectivity index (χ0v) is 22.4. The van der Waals surface area contributed by atoms with Crippen LogP contribution in [0.4, 0.5) is 4.79 Å². The van der Waals surface area contributed by atoms with Gasteiger partial charge in [0, 0.05) is 6.04 Å². The number of benzene rings is 2. The first kappa shape index (κ1) is 27.3. The number of thiophene rings is 1. The maximum absolute atomic E-state index is 13.0. The van der Waals surface area contributed by atoms with Gasteiger partial charge >= 0.3 is 6.09 Å². The highest BCUT2D eigenvalue weighted by Gasteiger charge is 2.44. The van der Waals surface area contributed by atoms with E-state index < -0.39 is 18.2 Å². The molecular weight excluding hydrogens is 516 g/mol. The number of ether oxygens (including phenoxy) is 3. The molecule has 3 N–H and O–H groups in total. The Kier molecular flexibility index (Phi) is 9.26. The molecule has 0 radical (unpaired) electrons. The smallest absolute Gasteiger partial charge is 0.407 e. The standard InChI is InChI=1S/C30H34N2O6S/c33-25(18-22(16-20-8-3-1-4-9-20)31-28(34)27-12-7-15-39-27)24(17-21-10-5-2-6-11-21)32-30(35)38-26-19-37-29-23(26)13-14-36-29/h1-12,15,22-26,29,33H,13-14,16-19H2,(H,31,34)(H,32,35)/t22-,23-,24-,25-,26-,29+/m0/s1. The molecule has 6 atom stereocenters. The third-order valence-corrected chi connectivity index (χ3v) is 8.11. The summed E-state index contributed by atoms with van der Waals surface area (Å²) < 4.78 is 16.9. The van der Waals surface area contributed by atoms with Crippen LogP contribution in [0.1, 0.15) is 33.6 Å². The van der Waals surface area contributed by atoms with Crippen molar-refractivity contribution in [3.05, 3.63) is 94.2 Å². The van der Waals surface area contributed by atoms with Crippen LogP contribution in [-0.2, 0) is 27.1 Å². The van der Waals surface area contributed by atoms with E-state index >= 15 is 0 Å². The SMILES string of the molecule is O=C(N[C@@H](Cc1ccccc1)[C@@H](O)C[C@H](Cc1ccccc1)NC(=O)c1cccs1)O[C@H]1CO[C@H]2OCC[C@H]21. The summed E-state index contributed by atoms with van der Waals surface area (Å²) in [7, 11) is 0. The molecule has 39 heavy (non-hydrogen) atoms. The first-order valence-corrected chi connectivity index (χ1v) is 14.2. The summed E-state index contributed by atoms with van der Waals surface area (Å²) >= 11 is 1.37. The van der Waals surface area contributed by atoms with Crippen LogP contribution < -0.4 is 10.6 Å². The summed E-state index contributed by atoms with van der Waals surface area (Å²) in [5.41, 5.74) is 2.01. The minimum absolute atomic E-state index is 0.0240. The fourth-order valence-corrected chi connectivity index (χ4v) is 5.86. The molecule has 2 aliphatic rings. The summed E-state index contributed by atoms with van der Waals surface area (Å²) in [6, 6.07) is 22.1. The van der Waals surface area contributed by atoms with E-state index in [2.05, 4.69) is 10.6 Å². The average molecular weight is 551 g/mol. The number of hydrogen-bond donors (Lipinski definition) is 3. The lowest BCUT2D eigenvalue weighted by molar-refractivity contribution is -0.0907. The summed E-state index contributed by atoms with van der Waals surface area (Å²) in [4.78, 5) is 26.5. The van der Waals surface area contributed by atoms with Gasteiger partial charge in [0.2, 0.25) is 0 Å². The lowest BCUT2D eigenvalue weighted by Gasteiger charge is -2.29. The second-order valence-corrected chi connectivity index (χ2v) is 11.0. The van der Waals surface area contributed by atoms with Gasteiger partial charge < -0.3 is 30.0 Å². The monoisotopic (exact) mass is 550 g/mol. The molecule has 9 heteroatoms. The van der Waals surface area contributed by atoms with Gasteiger partial charge in [-0.2, -0.15) is 0 Å². The molecule has 3 aromatic rings. The van der Waals surface area contributed by atoms with Gasteiger partial charge in [0.1, 0.15) is 6.10 Å². The third kappa shape index (κ3) is 7.45. The molecule has 2 saturated heterocycles. The molecule has 5 rings (SSSR count). The molecule has 0 saturated carbocycles. The molecule has 2 fully saturated rings. The molecule has 0 bridgehead atoms. The lowest BCUT2D eigenvalue weighted by Crippen LogP contribution is -2.49. The van der Waals surface area contributed by atoms with E-state index in [0.29, 0.717) is 30.9 Å². The Morgan fingerprint density at radius 1 is 0.949 bits per heavy atom. The van der Waals surface area contributed by atoms with Crippen molar-refractivity contribution in [1.29, 1.82) is 0 Å². The number of amides is 2. The molecular formula is C30H34N2O6S. The molecule has 2 aromatic carbocycles. The van der Waals surface area contributed by atoms with Crippen molar-refractivity contribution in [3.63, 3.8) is 0 Å². The summed E-state index contributed by atoms with van der Waals surface area (Å²) in [6.45, 7) is 0.884. The van der Waals surface area contributed by atoms with E-state index in [1.54, 1.807) is 6.07 Å². The van der Waals surface area contributed by atoms with Crippen LogP contribution in [0.15, 0.2) is 78.2 Å². The number of hydrogen-bond acceptors (Lipinski definition) is 7. The number of rotatable bonds is 11. The van der Waals surface area contributed by atoms with Crippen molar-refractivity contribution in [3.8, 4) is 0 Å². The van der Waals surface area contributed by atoms with Gasteiger partial charge in [0.05, 0.1) is 36.2 Å². The Bertz CT molecular complexity index is 1190. The van der Waals surface area contributed by atoms with Gasteiger partial charge in [-0.1, -0.05) is 66.7 Å². The second-order valence-electron chi connectivity index (χ2n) is 10.0. The first-order chi connectivity index (χ1) is 19.0. The molecule has 0 unspecified atom stereocenters. The predicted octanol–water partition coefficient (Wildman–Crippen LogP) is 3.94. The van der Waals surface area contributed by atoms with Gasteiger partial charge in [-0.15, -0.1) is 11.3 Å². The quantitative estimate of drug-likeness (QED) is 0.334. The van der Waals surface area contributed by atoms with Crippen LogP contribution >= 0.6 is 11.3 Å². The van der Waals surface area contributed by atoms with E-state index in [9.17, 15) is 14.7 Å². The fraction of sp³-hybridized carbons (Fsp3) is 0.400. The predicted molar refractivity (Wildman–Crippen MR) is 147 cm³/mol. The number of nitrogens with one attached hydrogen (secondary N) is 2. The molecule has 3 heterocycles. The maximum atomic E-state index is 13.0. The minimum atomic E-state index is -0.947. The maximum Gasteiger partial charge on any atom is 0.407 e. The van der Waals surface area contributed by atoms with Crippen LogP contribution in [0.25, 0.3) is 0 Å². The number of carbonyl (C=O) groups is 2. The number of aliphatic hydroxyl groups excluding tert-OH is 1. The Morgan fingerprint density at radius 2 is 1.67 bits per heavy atom. The number of carbonyl (C=O) groups excluding carboxylic acids is 2. The summed E-state index contributed by atoms with van der Waals surface area (Å²) in [5.74, 6) is -0.157. The molecule has 2 amide bonds. The molecule has 0 aliphatic carbocycles. The highest BCUT2D eigenvalue weighted by atomic mass is 32.1. The zero-order valence-electron chi connectivity index (χ0n) is 21.6. The lowest BCUT2D eigenvalue weighted by atomic mass is 9.93. The Labute approximate surface area is 232 Å². The fourth-order valence-electron chi connectivity index (χ4n) is 5.23. The van der Waals surface area contributed by atoms with Crippen molar-refractivity contribution in [2.24, 2.45) is 5.92 Å². The van der Waals surface area contributed by atoms with Crippen LogP contribution in [-0.4, -0.2) is 60.9 Å². The van der Waals surface area contributed by atoms with Crippen molar-refractivity contribution in [1.82, 2.24) is 10.6 Å². The van der Waals surface area contributed by atoms with Crippen LogP contribution in [0.3, 0.4) is 0 Å². The van der Waals surface area contributed by atoms with Crippen LogP contribution in [0.2, 0.25) is 0 Å². The summed E-state index contributed by atoms with van der Waals surface area (Å²) in [6.07, 6.45) is -0.277. The van der Waals surface area contributed by atoms with Gasteiger partial charge in [0.15, 0.2) is 6.29 Å². The van der Waals surface area contributed by atoms with E-state index in [-0.39, 0.29) is 36.7 Å². The van der Waals surface area contributed by atoms with E-state index in [4.69, 9.17) is 14.2 Å².